The molecular formula is C23H22FN3O3. The van der Waals surface area contributed by atoms with Crippen LogP contribution in [0.1, 0.15) is 46.4 Å². The SMILES string of the molecule is CCc1cccc(-n2nc(C)c3c2NC(=O)C[C@H]3C(=O)c2ccc(OC)c(F)c2)c1. The first-order valence-corrected chi connectivity index (χ1v) is 9.79. The standard InChI is InChI=1S/C23H22FN3O3/c1-4-14-6-5-7-16(10-14)27-23-21(13(2)26-27)17(12-20(28)25-23)22(29)15-8-9-19(30-3)18(24)11-15/h5-11,17H,4,12H2,1-3H3,(H,25,28)/t17-/m1/s1. The van der Waals surface area contributed by atoms with Crippen molar-refractivity contribution in [3.8, 4) is 11.4 Å². The molecule has 154 valence electrons. The number of methoxy groups -OCH3 is 1. The summed E-state index contributed by atoms with van der Waals surface area (Å²) in [5.41, 5.74) is 3.46. The van der Waals surface area contributed by atoms with Gasteiger partial charge in [-0.3, -0.25) is 9.59 Å². The summed E-state index contributed by atoms with van der Waals surface area (Å²) in [4.78, 5) is 25.7. The van der Waals surface area contributed by atoms with Crippen LogP contribution in [0.4, 0.5) is 10.2 Å². The fourth-order valence-electron chi connectivity index (χ4n) is 3.89. The van der Waals surface area contributed by atoms with Gasteiger partial charge in [-0.15, -0.1) is 0 Å². The Morgan fingerprint density at radius 3 is 2.80 bits per heavy atom. The Morgan fingerprint density at radius 2 is 2.10 bits per heavy atom. The summed E-state index contributed by atoms with van der Waals surface area (Å²) in [6, 6.07) is 11.9. The van der Waals surface area contributed by atoms with Crippen LogP contribution in [-0.2, 0) is 11.2 Å². The second kappa shape index (κ2) is 7.74. The maximum Gasteiger partial charge on any atom is 0.226 e. The van der Waals surface area contributed by atoms with Crippen LogP contribution in [0.3, 0.4) is 0 Å². The van der Waals surface area contributed by atoms with Crippen LogP contribution >= 0.6 is 0 Å². The molecule has 3 aromatic rings. The number of rotatable bonds is 5. The average Bonchev–Trinajstić information content (AvgIpc) is 3.08. The van der Waals surface area contributed by atoms with Gasteiger partial charge in [0.1, 0.15) is 5.82 Å². The topological polar surface area (TPSA) is 73.2 Å². The van der Waals surface area contributed by atoms with Gasteiger partial charge in [-0.05, 0) is 49.2 Å². The zero-order valence-electron chi connectivity index (χ0n) is 17.0. The summed E-state index contributed by atoms with van der Waals surface area (Å²) in [6.07, 6.45) is 0.855. The number of ketones is 1. The molecular weight excluding hydrogens is 385 g/mol. The van der Waals surface area contributed by atoms with Crippen molar-refractivity contribution in [2.75, 3.05) is 12.4 Å². The minimum atomic E-state index is -0.732. The van der Waals surface area contributed by atoms with Crippen molar-refractivity contribution in [3.05, 3.63) is 70.7 Å². The highest BCUT2D eigenvalue weighted by atomic mass is 19.1. The van der Waals surface area contributed by atoms with Crippen molar-refractivity contribution in [3.63, 3.8) is 0 Å². The number of hydrogen-bond donors (Lipinski definition) is 1. The summed E-state index contributed by atoms with van der Waals surface area (Å²) in [5.74, 6) is -1.39. The summed E-state index contributed by atoms with van der Waals surface area (Å²) < 4.78 is 20.7. The average molecular weight is 407 g/mol. The number of nitrogens with zero attached hydrogens (tertiary/aromatic N) is 2. The molecule has 0 spiro atoms. The number of nitrogens with one attached hydrogen (secondary N) is 1. The molecule has 1 aliphatic heterocycles. The van der Waals surface area contributed by atoms with Crippen LogP contribution in [0.2, 0.25) is 0 Å². The normalized spacial score (nSPS) is 15.5. The first kappa shape index (κ1) is 19.8. The maximum absolute atomic E-state index is 14.2. The molecule has 0 fully saturated rings. The van der Waals surface area contributed by atoms with E-state index >= 15 is 0 Å². The summed E-state index contributed by atoms with van der Waals surface area (Å²) in [6.45, 7) is 3.87. The van der Waals surface area contributed by atoms with Crippen molar-refractivity contribution in [2.24, 2.45) is 0 Å². The van der Waals surface area contributed by atoms with Gasteiger partial charge >= 0.3 is 0 Å². The van der Waals surface area contributed by atoms with E-state index in [1.807, 2.05) is 31.2 Å². The number of ether oxygens (including phenoxy) is 1. The number of amides is 1. The Kier molecular flexibility index (Phi) is 5.11. The van der Waals surface area contributed by atoms with Gasteiger partial charge in [0.2, 0.25) is 5.91 Å². The molecule has 1 aromatic heterocycles. The number of carbonyl (C=O) groups excluding carboxylic acids is 2. The highest BCUT2D eigenvalue weighted by Crippen LogP contribution is 2.38. The van der Waals surface area contributed by atoms with E-state index in [4.69, 9.17) is 4.74 Å². The van der Waals surface area contributed by atoms with Gasteiger partial charge < -0.3 is 10.1 Å². The van der Waals surface area contributed by atoms with Crippen LogP contribution < -0.4 is 10.1 Å². The number of hydrogen-bond acceptors (Lipinski definition) is 4. The molecule has 1 atom stereocenters. The molecule has 0 saturated carbocycles. The molecule has 30 heavy (non-hydrogen) atoms. The quantitative estimate of drug-likeness (QED) is 0.644. The number of Topliss-reactive ketones (excluding diaryl/α,β-unsaturated/α-hetero) is 1. The molecule has 0 aliphatic carbocycles. The Labute approximate surface area is 173 Å². The first-order chi connectivity index (χ1) is 14.4. The molecule has 0 bridgehead atoms. The maximum atomic E-state index is 14.2. The lowest BCUT2D eigenvalue weighted by Gasteiger charge is -2.23. The van der Waals surface area contributed by atoms with E-state index in [1.165, 1.54) is 19.2 Å². The van der Waals surface area contributed by atoms with Crippen molar-refractivity contribution in [1.82, 2.24) is 9.78 Å². The zero-order chi connectivity index (χ0) is 21.4. The Hall–Kier alpha value is -3.48. The van der Waals surface area contributed by atoms with E-state index in [0.29, 0.717) is 17.1 Å². The van der Waals surface area contributed by atoms with E-state index in [0.717, 1.165) is 23.7 Å². The molecule has 0 saturated heterocycles. The van der Waals surface area contributed by atoms with Gasteiger partial charge in [-0.1, -0.05) is 19.1 Å². The Bertz CT molecular complexity index is 1150. The molecule has 1 aliphatic rings. The summed E-state index contributed by atoms with van der Waals surface area (Å²) in [5, 5.41) is 7.47. The van der Waals surface area contributed by atoms with E-state index < -0.39 is 11.7 Å². The number of halogens is 1. The van der Waals surface area contributed by atoms with Crippen molar-refractivity contribution in [1.29, 1.82) is 0 Å². The zero-order valence-corrected chi connectivity index (χ0v) is 17.0. The second-order valence-electron chi connectivity index (χ2n) is 7.30. The van der Waals surface area contributed by atoms with Gasteiger partial charge in [0.05, 0.1) is 24.4 Å². The molecule has 1 N–H and O–H groups in total. The number of carbonyl (C=O) groups is 2. The van der Waals surface area contributed by atoms with E-state index in [1.54, 1.807) is 4.68 Å². The Balaban J connectivity index is 1.79. The predicted octanol–water partition coefficient (Wildman–Crippen LogP) is 4.20. The molecule has 4 rings (SSSR count). The molecule has 6 nitrogen and oxygen atoms in total. The largest absolute Gasteiger partial charge is 0.494 e. The molecule has 2 heterocycles. The first-order valence-electron chi connectivity index (χ1n) is 9.79. The summed E-state index contributed by atoms with van der Waals surface area (Å²) >= 11 is 0. The molecule has 1 amide bonds. The predicted molar refractivity (Wildman–Crippen MR) is 111 cm³/mol. The minimum Gasteiger partial charge on any atom is -0.494 e. The van der Waals surface area contributed by atoms with Gasteiger partial charge in [0.25, 0.3) is 0 Å². The van der Waals surface area contributed by atoms with E-state index in [9.17, 15) is 14.0 Å². The lowest BCUT2D eigenvalue weighted by atomic mass is 9.85. The highest BCUT2D eigenvalue weighted by Gasteiger charge is 2.36. The second-order valence-corrected chi connectivity index (χ2v) is 7.30. The van der Waals surface area contributed by atoms with Gasteiger partial charge in [-0.2, -0.15) is 5.10 Å². The number of benzene rings is 2. The fourth-order valence-corrected chi connectivity index (χ4v) is 3.89. The fraction of sp³-hybridized carbons (Fsp3) is 0.261. The highest BCUT2D eigenvalue weighted by molar-refractivity contribution is 6.08. The van der Waals surface area contributed by atoms with Gasteiger partial charge in [0, 0.05) is 17.5 Å². The smallest absolute Gasteiger partial charge is 0.226 e. The van der Waals surface area contributed by atoms with Crippen molar-refractivity contribution in [2.45, 2.75) is 32.6 Å². The molecule has 2 aromatic carbocycles. The van der Waals surface area contributed by atoms with Gasteiger partial charge in [-0.25, -0.2) is 9.07 Å². The van der Waals surface area contributed by atoms with E-state index in [-0.39, 0.29) is 29.4 Å². The third kappa shape index (κ3) is 3.36. The number of fused-ring (bicyclic) bond motifs is 1. The number of aromatic nitrogens is 2. The van der Waals surface area contributed by atoms with Crippen LogP contribution in [0, 0.1) is 12.7 Å². The van der Waals surface area contributed by atoms with Crippen molar-refractivity contribution >= 4 is 17.5 Å². The lowest BCUT2D eigenvalue weighted by Crippen LogP contribution is -2.28. The third-order valence-electron chi connectivity index (χ3n) is 5.42. The Morgan fingerprint density at radius 1 is 1.30 bits per heavy atom. The molecule has 7 heteroatoms. The molecule has 0 radical (unpaired) electrons. The van der Waals surface area contributed by atoms with E-state index in [2.05, 4.69) is 17.3 Å². The lowest BCUT2D eigenvalue weighted by molar-refractivity contribution is -0.116. The van der Waals surface area contributed by atoms with Crippen molar-refractivity contribution < 1.29 is 18.7 Å². The summed E-state index contributed by atoms with van der Waals surface area (Å²) in [7, 11) is 1.36. The van der Waals surface area contributed by atoms with Gasteiger partial charge in [0.15, 0.2) is 17.3 Å². The third-order valence-corrected chi connectivity index (χ3v) is 5.42. The number of anilines is 1. The molecule has 0 unspecified atom stereocenters. The van der Waals surface area contributed by atoms with Crippen LogP contribution in [0.5, 0.6) is 5.75 Å². The van der Waals surface area contributed by atoms with Crippen LogP contribution in [-0.4, -0.2) is 28.6 Å². The van der Waals surface area contributed by atoms with Crippen LogP contribution in [0.25, 0.3) is 5.69 Å². The monoisotopic (exact) mass is 407 g/mol. The van der Waals surface area contributed by atoms with Crippen LogP contribution in [0.15, 0.2) is 42.5 Å². The minimum absolute atomic E-state index is 0.0129. The number of aryl methyl sites for hydroxylation is 2.